The summed E-state index contributed by atoms with van der Waals surface area (Å²) in [5, 5.41) is 4.72. The Morgan fingerprint density at radius 2 is 1.90 bits per heavy atom. The van der Waals surface area contributed by atoms with E-state index in [2.05, 4.69) is 25.3 Å². The Hall–Kier alpha value is -4.46. The Morgan fingerprint density at radius 3 is 2.84 bits per heavy atom. The molecule has 0 radical (unpaired) electrons. The van der Waals surface area contributed by atoms with Crippen molar-refractivity contribution < 1.29 is 14.3 Å². The Labute approximate surface area is 177 Å². The van der Waals surface area contributed by atoms with Gasteiger partial charge in [0.2, 0.25) is 5.91 Å². The van der Waals surface area contributed by atoms with Crippen LogP contribution in [-0.4, -0.2) is 34.6 Å². The molecule has 2 amide bonds. The van der Waals surface area contributed by atoms with Crippen molar-refractivity contribution in [3.63, 3.8) is 0 Å². The summed E-state index contributed by atoms with van der Waals surface area (Å²) in [6.45, 7) is 0.184. The van der Waals surface area contributed by atoms with Crippen molar-refractivity contribution in [3.8, 4) is 5.75 Å². The van der Waals surface area contributed by atoms with Crippen LogP contribution in [-0.2, 0) is 9.59 Å². The molecule has 2 aromatic carbocycles. The maximum Gasteiger partial charge on any atom is 0.269 e. The van der Waals surface area contributed by atoms with Crippen LogP contribution in [0.25, 0.3) is 17.1 Å². The third-order valence-electron chi connectivity index (χ3n) is 4.26. The monoisotopic (exact) mass is 411 g/mol. The number of para-hydroxylation sites is 1. The van der Waals surface area contributed by atoms with Gasteiger partial charge >= 0.3 is 0 Å². The maximum atomic E-state index is 12.0. The van der Waals surface area contributed by atoms with Crippen LogP contribution in [0, 0.1) is 0 Å². The van der Waals surface area contributed by atoms with Crippen molar-refractivity contribution in [2.45, 2.75) is 0 Å². The SMILES string of the molecule is O=C1/C=C/COc2ccc3ncnc(c3c2)/N=c2\cccc\c2=C/NC(=O)/C=C/C=N/1. The van der Waals surface area contributed by atoms with Gasteiger partial charge in [0.1, 0.15) is 18.7 Å². The van der Waals surface area contributed by atoms with Gasteiger partial charge in [-0.25, -0.2) is 20.0 Å². The van der Waals surface area contributed by atoms with E-state index in [0.29, 0.717) is 33.0 Å². The summed E-state index contributed by atoms with van der Waals surface area (Å²) in [7, 11) is 0. The fraction of sp³-hybridized carbons (Fsp3) is 0.0435. The molecule has 3 aromatic rings. The number of nitrogens with one attached hydrogen (secondary N) is 1. The molecule has 8 nitrogen and oxygen atoms in total. The lowest BCUT2D eigenvalue weighted by molar-refractivity contribution is -0.115. The van der Waals surface area contributed by atoms with Crippen LogP contribution < -0.4 is 20.6 Å². The number of fused-ring (bicyclic) bond motifs is 2. The highest BCUT2D eigenvalue weighted by Crippen LogP contribution is 2.25. The highest BCUT2D eigenvalue weighted by atomic mass is 16.5. The highest BCUT2D eigenvalue weighted by Gasteiger charge is 2.05. The number of benzene rings is 2. The second-order valence-corrected chi connectivity index (χ2v) is 6.39. The van der Waals surface area contributed by atoms with Crippen LogP contribution in [0.15, 0.2) is 83.1 Å². The average Bonchev–Trinajstić information content (AvgIpc) is 2.79. The fourth-order valence-corrected chi connectivity index (χ4v) is 2.81. The zero-order valence-corrected chi connectivity index (χ0v) is 16.3. The van der Waals surface area contributed by atoms with E-state index in [4.69, 9.17) is 4.74 Å². The van der Waals surface area contributed by atoms with Crippen LogP contribution in [0.2, 0.25) is 0 Å². The Morgan fingerprint density at radius 1 is 1.00 bits per heavy atom. The van der Waals surface area contributed by atoms with Crippen LogP contribution in [0.5, 0.6) is 5.75 Å². The van der Waals surface area contributed by atoms with Gasteiger partial charge in [-0.3, -0.25) is 9.59 Å². The molecule has 0 aliphatic carbocycles. The number of nitrogens with zero attached hydrogens (tertiary/aromatic N) is 4. The van der Waals surface area contributed by atoms with Gasteiger partial charge in [-0.05, 0) is 36.4 Å². The summed E-state index contributed by atoms with van der Waals surface area (Å²) in [5.74, 6) is 0.236. The number of carbonyl (C=O) groups excluding carboxylic acids is 2. The first kappa shape index (κ1) is 19.8. The second kappa shape index (κ2) is 9.36. The topological polar surface area (TPSA) is 106 Å². The molecule has 1 aromatic heterocycles. The minimum Gasteiger partial charge on any atom is -0.490 e. The number of hydrogen-bond donors (Lipinski definition) is 1. The van der Waals surface area contributed by atoms with Crippen molar-refractivity contribution >= 4 is 40.9 Å². The molecule has 1 aliphatic heterocycles. The Bertz CT molecular complexity index is 1360. The number of rotatable bonds is 0. The summed E-state index contributed by atoms with van der Waals surface area (Å²) in [5.41, 5.74) is 0.715. The van der Waals surface area contributed by atoms with E-state index < -0.39 is 5.91 Å². The zero-order valence-electron chi connectivity index (χ0n) is 16.3. The van der Waals surface area contributed by atoms with Crippen molar-refractivity contribution in [2.24, 2.45) is 9.98 Å². The number of aliphatic imine (C=N–C) groups is 1. The number of amides is 2. The first-order valence-corrected chi connectivity index (χ1v) is 9.42. The van der Waals surface area contributed by atoms with Crippen molar-refractivity contribution in [2.75, 3.05) is 6.61 Å². The lowest BCUT2D eigenvalue weighted by atomic mass is 10.2. The normalized spacial score (nSPS) is 19.7. The fourth-order valence-electron chi connectivity index (χ4n) is 2.81. The molecule has 4 rings (SSSR count). The quantitative estimate of drug-likeness (QED) is 0.604. The largest absolute Gasteiger partial charge is 0.490 e. The molecule has 0 saturated carbocycles. The third kappa shape index (κ3) is 5.13. The van der Waals surface area contributed by atoms with Crippen molar-refractivity contribution in [1.29, 1.82) is 0 Å². The number of hydrogen-bond acceptors (Lipinski definition) is 6. The van der Waals surface area contributed by atoms with Gasteiger partial charge < -0.3 is 10.1 Å². The van der Waals surface area contributed by atoms with Crippen molar-refractivity contribution in [3.05, 3.63) is 83.7 Å². The lowest BCUT2D eigenvalue weighted by Crippen LogP contribution is -2.28. The van der Waals surface area contributed by atoms with E-state index in [-0.39, 0.29) is 12.5 Å². The van der Waals surface area contributed by atoms with Gasteiger partial charge in [0.25, 0.3) is 5.91 Å². The molecule has 0 saturated heterocycles. The van der Waals surface area contributed by atoms with Crippen LogP contribution in [0.1, 0.15) is 0 Å². The van der Waals surface area contributed by atoms with Crippen LogP contribution in [0.3, 0.4) is 0 Å². The molecule has 152 valence electrons. The number of allylic oxidation sites excluding steroid dienone is 1. The van der Waals surface area contributed by atoms with Crippen LogP contribution in [0.4, 0.5) is 5.82 Å². The maximum absolute atomic E-state index is 12.0. The minimum absolute atomic E-state index is 0.184. The lowest BCUT2D eigenvalue weighted by Gasteiger charge is -2.06. The predicted octanol–water partition coefficient (Wildman–Crippen LogP) is 1.54. The minimum atomic E-state index is -0.458. The molecule has 0 atom stereocenters. The van der Waals surface area contributed by atoms with E-state index in [0.717, 1.165) is 0 Å². The van der Waals surface area contributed by atoms with Crippen LogP contribution >= 0.6 is 0 Å². The van der Waals surface area contributed by atoms with Gasteiger partial charge in [-0.1, -0.05) is 18.2 Å². The summed E-state index contributed by atoms with van der Waals surface area (Å²) in [6, 6.07) is 12.8. The molecule has 2 bridgehead atoms. The van der Waals surface area contributed by atoms with Gasteiger partial charge in [0, 0.05) is 35.2 Å². The average molecular weight is 411 g/mol. The predicted molar refractivity (Wildman–Crippen MR) is 116 cm³/mol. The molecule has 1 N–H and O–H groups in total. The molecule has 2 heterocycles. The highest BCUT2D eigenvalue weighted by molar-refractivity contribution is 5.98. The van der Waals surface area contributed by atoms with E-state index in [9.17, 15) is 9.59 Å². The standard InChI is InChI=1S/C23H17N5O3/c29-21-8-4-12-31-17-9-10-20-18(13-17)23(27-15-26-20)28-19-6-2-1-5-16(19)14-25-22(30)7-3-11-24-21/h1-11,13-15H,12H2,(H,25,30)/b7-3+,8-4+,16-14+,24-11+,28-19+. The third-order valence-corrected chi connectivity index (χ3v) is 4.26. The second-order valence-electron chi connectivity index (χ2n) is 6.39. The van der Waals surface area contributed by atoms with E-state index in [1.54, 1.807) is 24.4 Å². The van der Waals surface area contributed by atoms with Gasteiger partial charge in [0.15, 0.2) is 5.82 Å². The molecule has 0 spiro atoms. The molecule has 0 unspecified atom stereocenters. The van der Waals surface area contributed by atoms with E-state index in [1.807, 2.05) is 30.3 Å². The number of aromatic nitrogens is 2. The molecule has 8 heteroatoms. The van der Waals surface area contributed by atoms with Crippen molar-refractivity contribution in [1.82, 2.24) is 15.3 Å². The van der Waals surface area contributed by atoms with Gasteiger partial charge in [0.05, 0.1) is 10.9 Å². The summed E-state index contributed by atoms with van der Waals surface area (Å²) in [6.07, 6.45) is 9.78. The summed E-state index contributed by atoms with van der Waals surface area (Å²) >= 11 is 0. The molecule has 1 aliphatic rings. The van der Waals surface area contributed by atoms with Gasteiger partial charge in [-0.15, -0.1) is 0 Å². The molecular formula is C23H17N5O3. The van der Waals surface area contributed by atoms with E-state index in [1.165, 1.54) is 30.8 Å². The Balaban J connectivity index is 1.85. The first-order valence-electron chi connectivity index (χ1n) is 9.42. The van der Waals surface area contributed by atoms with E-state index >= 15 is 0 Å². The Kier molecular flexibility index (Phi) is 5.99. The summed E-state index contributed by atoms with van der Waals surface area (Å²) in [4.78, 5) is 40.7. The number of carbonyl (C=O) groups is 2. The van der Waals surface area contributed by atoms with Gasteiger partial charge in [-0.2, -0.15) is 0 Å². The molecular weight excluding hydrogens is 394 g/mol. The molecule has 0 fully saturated rings. The first-order chi connectivity index (χ1) is 15.2. The molecule has 31 heavy (non-hydrogen) atoms. The smallest absolute Gasteiger partial charge is 0.269 e. The zero-order chi connectivity index (χ0) is 21.5. The number of ether oxygens (including phenoxy) is 1. The summed E-state index contributed by atoms with van der Waals surface area (Å²) < 4.78 is 5.70.